The molecule has 1 aromatic carbocycles. The van der Waals surface area contributed by atoms with Crippen molar-refractivity contribution >= 4 is 27.5 Å². The number of fused-ring (bicyclic) bond motifs is 1. The Balaban J connectivity index is 1.52. The number of H-pyrrole nitrogens is 1. The molecule has 0 aliphatic heterocycles. The van der Waals surface area contributed by atoms with Gasteiger partial charge in [0.2, 0.25) is 5.91 Å². The summed E-state index contributed by atoms with van der Waals surface area (Å²) in [6.07, 6.45) is 4.43. The Morgan fingerprint density at radius 1 is 1.35 bits per heavy atom. The average molecular weight is 286 g/mol. The second-order valence-corrected chi connectivity index (χ2v) is 5.54. The SMILES string of the molecule is O=C(CCc1nc2ccccc2s1)NCc1cnc[nH]1. The molecule has 0 bridgehead atoms. The van der Waals surface area contributed by atoms with Gasteiger partial charge in [-0.15, -0.1) is 11.3 Å². The fourth-order valence-electron chi connectivity index (χ4n) is 1.91. The van der Waals surface area contributed by atoms with E-state index in [4.69, 9.17) is 0 Å². The molecular weight excluding hydrogens is 272 g/mol. The Hall–Kier alpha value is -2.21. The predicted octanol–water partition coefficient (Wildman–Crippen LogP) is 2.27. The van der Waals surface area contributed by atoms with Crippen molar-refractivity contribution in [2.45, 2.75) is 19.4 Å². The van der Waals surface area contributed by atoms with E-state index < -0.39 is 0 Å². The Kier molecular flexibility index (Phi) is 3.73. The van der Waals surface area contributed by atoms with Gasteiger partial charge in [0.15, 0.2) is 0 Å². The quantitative estimate of drug-likeness (QED) is 0.756. The Labute approximate surface area is 120 Å². The highest BCUT2D eigenvalue weighted by Crippen LogP contribution is 2.22. The van der Waals surface area contributed by atoms with Gasteiger partial charge < -0.3 is 10.3 Å². The summed E-state index contributed by atoms with van der Waals surface area (Å²) >= 11 is 1.65. The number of aromatic amines is 1. The number of nitrogens with one attached hydrogen (secondary N) is 2. The minimum Gasteiger partial charge on any atom is -0.350 e. The summed E-state index contributed by atoms with van der Waals surface area (Å²) in [7, 11) is 0. The van der Waals surface area contributed by atoms with Crippen LogP contribution in [0.3, 0.4) is 0 Å². The van der Waals surface area contributed by atoms with Gasteiger partial charge in [-0.3, -0.25) is 4.79 Å². The summed E-state index contributed by atoms with van der Waals surface area (Å²) in [6.45, 7) is 0.485. The van der Waals surface area contributed by atoms with E-state index in [9.17, 15) is 4.79 Å². The van der Waals surface area contributed by atoms with Crippen LogP contribution < -0.4 is 5.32 Å². The average Bonchev–Trinajstić information content (AvgIpc) is 3.11. The summed E-state index contributed by atoms with van der Waals surface area (Å²) in [6, 6.07) is 8.02. The van der Waals surface area contributed by atoms with E-state index in [0.717, 1.165) is 16.2 Å². The van der Waals surface area contributed by atoms with Crippen LogP contribution in [-0.2, 0) is 17.8 Å². The molecule has 102 valence electrons. The first-order chi connectivity index (χ1) is 9.81. The lowest BCUT2D eigenvalue weighted by Gasteiger charge is -2.02. The third-order valence-corrected chi connectivity index (χ3v) is 4.03. The first-order valence-corrected chi connectivity index (χ1v) is 7.21. The highest BCUT2D eigenvalue weighted by Gasteiger charge is 2.07. The Morgan fingerprint density at radius 2 is 2.25 bits per heavy atom. The van der Waals surface area contributed by atoms with Gasteiger partial charge in [0.25, 0.3) is 0 Å². The summed E-state index contributed by atoms with van der Waals surface area (Å²) in [5.41, 5.74) is 1.91. The molecule has 0 aliphatic carbocycles. The number of thiazole rings is 1. The van der Waals surface area contributed by atoms with E-state index in [1.165, 1.54) is 4.70 Å². The highest BCUT2D eigenvalue weighted by atomic mass is 32.1. The van der Waals surface area contributed by atoms with E-state index in [1.807, 2.05) is 18.2 Å². The molecule has 0 atom stereocenters. The summed E-state index contributed by atoms with van der Waals surface area (Å²) in [5, 5.41) is 3.86. The normalized spacial score (nSPS) is 10.8. The molecule has 6 heteroatoms. The zero-order valence-corrected chi connectivity index (χ0v) is 11.6. The minimum absolute atomic E-state index is 0.0267. The second kappa shape index (κ2) is 5.83. The molecule has 0 saturated heterocycles. The van der Waals surface area contributed by atoms with E-state index in [-0.39, 0.29) is 5.91 Å². The van der Waals surface area contributed by atoms with Crippen LogP contribution in [0.2, 0.25) is 0 Å². The van der Waals surface area contributed by atoms with Crippen molar-refractivity contribution in [2.75, 3.05) is 0 Å². The standard InChI is InChI=1S/C14H14N4OS/c19-13(16-8-10-7-15-9-17-10)5-6-14-18-11-3-1-2-4-12(11)20-14/h1-4,7,9H,5-6,8H2,(H,15,17)(H,16,19). The number of aryl methyl sites for hydroxylation is 1. The maximum Gasteiger partial charge on any atom is 0.220 e. The monoisotopic (exact) mass is 286 g/mol. The summed E-state index contributed by atoms with van der Waals surface area (Å²) in [5.74, 6) is 0.0267. The van der Waals surface area contributed by atoms with E-state index >= 15 is 0 Å². The number of carbonyl (C=O) groups excluding carboxylic acids is 1. The number of rotatable bonds is 5. The van der Waals surface area contributed by atoms with Gasteiger partial charge >= 0.3 is 0 Å². The number of hydrogen-bond donors (Lipinski definition) is 2. The molecule has 2 heterocycles. The fraction of sp³-hybridized carbons (Fsp3) is 0.214. The summed E-state index contributed by atoms with van der Waals surface area (Å²) in [4.78, 5) is 23.1. The van der Waals surface area contributed by atoms with Crippen LogP contribution in [0, 0.1) is 0 Å². The number of carbonyl (C=O) groups is 1. The molecule has 1 amide bonds. The third-order valence-electron chi connectivity index (χ3n) is 2.93. The van der Waals surface area contributed by atoms with Crippen LogP contribution in [0.25, 0.3) is 10.2 Å². The van der Waals surface area contributed by atoms with E-state index in [1.54, 1.807) is 23.9 Å². The van der Waals surface area contributed by atoms with Gasteiger partial charge in [0, 0.05) is 19.0 Å². The number of amides is 1. The van der Waals surface area contributed by atoms with Gasteiger partial charge in [-0.1, -0.05) is 12.1 Å². The van der Waals surface area contributed by atoms with Gasteiger partial charge in [-0.2, -0.15) is 0 Å². The molecule has 2 aromatic heterocycles. The minimum atomic E-state index is 0.0267. The van der Waals surface area contributed by atoms with Crippen molar-refractivity contribution < 1.29 is 4.79 Å². The number of benzene rings is 1. The molecule has 0 unspecified atom stereocenters. The van der Waals surface area contributed by atoms with Crippen LogP contribution in [0.4, 0.5) is 0 Å². The lowest BCUT2D eigenvalue weighted by molar-refractivity contribution is -0.121. The van der Waals surface area contributed by atoms with E-state index in [2.05, 4.69) is 26.3 Å². The van der Waals surface area contributed by atoms with E-state index in [0.29, 0.717) is 19.4 Å². The second-order valence-electron chi connectivity index (χ2n) is 4.43. The first kappa shape index (κ1) is 12.8. The Bertz CT molecular complexity index is 672. The number of aromatic nitrogens is 3. The topological polar surface area (TPSA) is 70.7 Å². The molecule has 0 spiro atoms. The first-order valence-electron chi connectivity index (χ1n) is 6.39. The molecule has 0 saturated carbocycles. The molecule has 5 nitrogen and oxygen atoms in total. The lowest BCUT2D eigenvalue weighted by Crippen LogP contribution is -2.23. The number of imidazole rings is 1. The van der Waals surface area contributed by atoms with Crippen LogP contribution in [0.5, 0.6) is 0 Å². The highest BCUT2D eigenvalue weighted by molar-refractivity contribution is 7.18. The van der Waals surface area contributed by atoms with Gasteiger partial charge in [-0.05, 0) is 12.1 Å². The smallest absolute Gasteiger partial charge is 0.220 e. The molecule has 3 rings (SSSR count). The van der Waals surface area contributed by atoms with Gasteiger partial charge in [0.1, 0.15) is 0 Å². The third kappa shape index (κ3) is 3.03. The number of hydrogen-bond acceptors (Lipinski definition) is 4. The molecule has 0 radical (unpaired) electrons. The van der Waals surface area contributed by atoms with Crippen LogP contribution >= 0.6 is 11.3 Å². The molecule has 2 N–H and O–H groups in total. The lowest BCUT2D eigenvalue weighted by atomic mass is 10.3. The van der Waals surface area contributed by atoms with Crippen molar-refractivity contribution in [2.24, 2.45) is 0 Å². The van der Waals surface area contributed by atoms with Crippen LogP contribution in [-0.4, -0.2) is 20.9 Å². The van der Waals surface area contributed by atoms with Crippen molar-refractivity contribution in [3.63, 3.8) is 0 Å². The zero-order valence-electron chi connectivity index (χ0n) is 10.8. The number of nitrogens with zero attached hydrogens (tertiary/aromatic N) is 2. The predicted molar refractivity (Wildman–Crippen MR) is 78.4 cm³/mol. The van der Waals surface area contributed by atoms with Crippen molar-refractivity contribution in [3.05, 3.63) is 47.5 Å². The van der Waals surface area contributed by atoms with Crippen molar-refractivity contribution in [1.82, 2.24) is 20.3 Å². The molecule has 20 heavy (non-hydrogen) atoms. The maximum atomic E-state index is 11.8. The fourth-order valence-corrected chi connectivity index (χ4v) is 2.88. The zero-order chi connectivity index (χ0) is 13.8. The van der Waals surface area contributed by atoms with Gasteiger partial charge in [0.05, 0.1) is 33.8 Å². The van der Waals surface area contributed by atoms with Crippen molar-refractivity contribution in [1.29, 1.82) is 0 Å². The largest absolute Gasteiger partial charge is 0.350 e. The van der Waals surface area contributed by atoms with Crippen LogP contribution in [0.15, 0.2) is 36.8 Å². The molecular formula is C14H14N4OS. The molecule has 0 aliphatic rings. The van der Waals surface area contributed by atoms with Gasteiger partial charge in [-0.25, -0.2) is 9.97 Å². The number of para-hydroxylation sites is 1. The molecule has 3 aromatic rings. The van der Waals surface area contributed by atoms with Crippen molar-refractivity contribution in [3.8, 4) is 0 Å². The molecule has 0 fully saturated rings. The maximum absolute atomic E-state index is 11.8. The summed E-state index contributed by atoms with van der Waals surface area (Å²) < 4.78 is 1.17. The van der Waals surface area contributed by atoms with Crippen LogP contribution in [0.1, 0.15) is 17.1 Å². The Morgan fingerprint density at radius 3 is 3.05 bits per heavy atom.